The molecule has 0 amide bonds. The van der Waals surface area contributed by atoms with Crippen LogP contribution in [0.2, 0.25) is 0 Å². The fraction of sp³-hybridized carbons (Fsp3) is 0.136. The molecule has 0 unspecified atom stereocenters. The summed E-state index contributed by atoms with van der Waals surface area (Å²) >= 11 is 0. The van der Waals surface area contributed by atoms with Crippen LogP contribution in [0.5, 0.6) is 0 Å². The van der Waals surface area contributed by atoms with Crippen LogP contribution >= 0.6 is 0 Å². The van der Waals surface area contributed by atoms with Crippen LogP contribution in [0, 0.1) is 29.6 Å². The highest BCUT2D eigenvalue weighted by molar-refractivity contribution is 5.87. The Labute approximate surface area is 157 Å². The van der Waals surface area contributed by atoms with Crippen LogP contribution in [0.4, 0.5) is 11.5 Å². The lowest BCUT2D eigenvalue weighted by atomic mass is 10.0. The summed E-state index contributed by atoms with van der Waals surface area (Å²) < 4.78 is 2.00. The first-order valence-electron chi connectivity index (χ1n) is 8.76. The Morgan fingerprint density at radius 1 is 1.04 bits per heavy atom. The molecule has 0 aliphatic carbocycles. The van der Waals surface area contributed by atoms with Crippen LogP contribution in [-0.2, 0) is 6.42 Å². The predicted molar refractivity (Wildman–Crippen MR) is 106 cm³/mol. The van der Waals surface area contributed by atoms with Gasteiger partial charge in [-0.1, -0.05) is 30.3 Å². The standard InChI is InChI=1S/C22H17N5/c1-15-17(10-7-13-23)21(25-16-8-3-2-4-9-16)27-20-12-6-5-11-19(20)26-22(27)18(15)14-24/h2-6,8-9,11-12,25H,7,10H2,1H3. The minimum Gasteiger partial charge on any atom is -0.341 e. The molecule has 0 aliphatic rings. The lowest BCUT2D eigenvalue weighted by molar-refractivity contribution is 0.975. The minimum absolute atomic E-state index is 0.382. The van der Waals surface area contributed by atoms with Crippen LogP contribution in [-0.4, -0.2) is 9.38 Å². The number of nitriles is 2. The summed E-state index contributed by atoms with van der Waals surface area (Å²) in [6, 6.07) is 22.3. The van der Waals surface area contributed by atoms with E-state index in [4.69, 9.17) is 10.2 Å². The molecule has 0 saturated carbocycles. The van der Waals surface area contributed by atoms with Crippen molar-refractivity contribution in [3.05, 3.63) is 71.3 Å². The third kappa shape index (κ3) is 2.76. The largest absolute Gasteiger partial charge is 0.341 e. The number of nitrogens with zero attached hydrogens (tertiary/aromatic N) is 4. The van der Waals surface area contributed by atoms with Crippen LogP contribution in [0.3, 0.4) is 0 Å². The highest BCUT2D eigenvalue weighted by Crippen LogP contribution is 2.33. The number of hydrogen-bond acceptors (Lipinski definition) is 4. The average Bonchev–Trinajstić information content (AvgIpc) is 3.08. The van der Waals surface area contributed by atoms with Crippen molar-refractivity contribution >= 4 is 28.2 Å². The average molecular weight is 351 g/mol. The number of nitrogens with one attached hydrogen (secondary N) is 1. The zero-order valence-electron chi connectivity index (χ0n) is 14.9. The van der Waals surface area contributed by atoms with E-state index in [1.165, 1.54) is 0 Å². The first kappa shape index (κ1) is 16.6. The quantitative estimate of drug-likeness (QED) is 0.569. The van der Waals surface area contributed by atoms with Crippen LogP contribution in [0.1, 0.15) is 23.1 Å². The van der Waals surface area contributed by atoms with Crippen LogP contribution in [0.15, 0.2) is 54.6 Å². The maximum atomic E-state index is 9.78. The summed E-state index contributed by atoms with van der Waals surface area (Å²) in [6.45, 7) is 1.93. The molecule has 4 rings (SSSR count). The van der Waals surface area contributed by atoms with Crippen molar-refractivity contribution in [2.24, 2.45) is 0 Å². The van der Waals surface area contributed by atoms with Gasteiger partial charge in [0.25, 0.3) is 0 Å². The van der Waals surface area contributed by atoms with Crippen molar-refractivity contribution in [3.8, 4) is 12.1 Å². The molecule has 0 bridgehead atoms. The first-order valence-corrected chi connectivity index (χ1v) is 8.76. The van der Waals surface area contributed by atoms with Crippen molar-refractivity contribution < 1.29 is 0 Å². The molecule has 0 aliphatic heterocycles. The number of benzene rings is 2. The molecule has 0 fully saturated rings. The van der Waals surface area contributed by atoms with Gasteiger partial charge in [-0.15, -0.1) is 0 Å². The summed E-state index contributed by atoms with van der Waals surface area (Å²) in [5.41, 5.74) is 5.73. The SMILES string of the molecule is Cc1c(CCC#N)c(Nc2ccccc2)n2c(nc3ccccc32)c1C#N. The van der Waals surface area contributed by atoms with Crippen molar-refractivity contribution in [3.63, 3.8) is 0 Å². The fourth-order valence-corrected chi connectivity index (χ4v) is 3.46. The molecule has 2 aromatic carbocycles. The summed E-state index contributed by atoms with van der Waals surface area (Å²) in [7, 11) is 0. The van der Waals surface area contributed by atoms with E-state index in [1.807, 2.05) is 65.9 Å². The van der Waals surface area contributed by atoms with Gasteiger partial charge in [0.1, 0.15) is 11.9 Å². The second-order valence-corrected chi connectivity index (χ2v) is 6.35. The van der Waals surface area contributed by atoms with Crippen molar-refractivity contribution in [2.45, 2.75) is 19.8 Å². The van der Waals surface area contributed by atoms with Gasteiger partial charge in [0.05, 0.1) is 22.7 Å². The molecule has 0 saturated heterocycles. The molecular formula is C22H17N5. The van der Waals surface area contributed by atoms with Gasteiger partial charge in [0.15, 0.2) is 5.65 Å². The molecule has 5 heteroatoms. The first-order chi connectivity index (χ1) is 13.2. The number of aromatic nitrogens is 2. The highest BCUT2D eigenvalue weighted by Gasteiger charge is 2.20. The van der Waals surface area contributed by atoms with Gasteiger partial charge in [-0.05, 0) is 48.7 Å². The minimum atomic E-state index is 0.382. The second kappa shape index (κ2) is 6.82. The monoisotopic (exact) mass is 351 g/mol. The Hall–Kier alpha value is -3.83. The van der Waals surface area contributed by atoms with E-state index in [-0.39, 0.29) is 0 Å². The number of pyridine rings is 1. The molecule has 0 spiro atoms. The molecule has 4 aromatic rings. The number of imidazole rings is 1. The van der Waals surface area contributed by atoms with Gasteiger partial charge in [-0.25, -0.2) is 4.98 Å². The van der Waals surface area contributed by atoms with Crippen molar-refractivity contribution in [2.75, 3.05) is 5.32 Å². The molecule has 2 heterocycles. The zero-order valence-corrected chi connectivity index (χ0v) is 14.9. The van der Waals surface area contributed by atoms with E-state index in [9.17, 15) is 5.26 Å². The van der Waals surface area contributed by atoms with E-state index in [1.54, 1.807) is 0 Å². The third-order valence-electron chi connectivity index (χ3n) is 4.76. The molecule has 5 nitrogen and oxygen atoms in total. The van der Waals surface area contributed by atoms with Gasteiger partial charge < -0.3 is 5.32 Å². The normalized spacial score (nSPS) is 10.6. The maximum absolute atomic E-state index is 9.78. The number of hydrogen-bond donors (Lipinski definition) is 1. The molecule has 130 valence electrons. The smallest absolute Gasteiger partial charge is 0.157 e. The van der Waals surface area contributed by atoms with Crippen LogP contribution < -0.4 is 5.32 Å². The summed E-state index contributed by atoms with van der Waals surface area (Å²) in [6.07, 6.45) is 0.946. The fourth-order valence-electron chi connectivity index (χ4n) is 3.46. The van der Waals surface area contributed by atoms with Gasteiger partial charge in [0.2, 0.25) is 0 Å². The lowest BCUT2D eigenvalue weighted by Crippen LogP contribution is -2.08. The van der Waals surface area contributed by atoms with E-state index in [2.05, 4.69) is 17.5 Å². The molecule has 27 heavy (non-hydrogen) atoms. The molecule has 0 atom stereocenters. The Balaban J connectivity index is 2.10. The van der Waals surface area contributed by atoms with E-state index < -0.39 is 0 Å². The summed E-state index contributed by atoms with van der Waals surface area (Å²) in [5.74, 6) is 0.858. The topological polar surface area (TPSA) is 76.9 Å². The summed E-state index contributed by atoms with van der Waals surface area (Å²) in [5, 5.41) is 22.4. The predicted octanol–water partition coefficient (Wildman–Crippen LogP) is 4.87. The Morgan fingerprint density at radius 3 is 2.52 bits per heavy atom. The third-order valence-corrected chi connectivity index (χ3v) is 4.76. The Kier molecular flexibility index (Phi) is 4.20. The van der Waals surface area contributed by atoms with E-state index >= 15 is 0 Å². The Bertz CT molecular complexity index is 1220. The maximum Gasteiger partial charge on any atom is 0.157 e. The van der Waals surface area contributed by atoms with Crippen LogP contribution in [0.25, 0.3) is 16.7 Å². The second-order valence-electron chi connectivity index (χ2n) is 6.35. The van der Waals surface area contributed by atoms with Gasteiger partial charge in [-0.2, -0.15) is 10.5 Å². The number of para-hydroxylation sites is 3. The van der Waals surface area contributed by atoms with Crippen molar-refractivity contribution in [1.29, 1.82) is 10.5 Å². The molecule has 1 N–H and O–H groups in total. The van der Waals surface area contributed by atoms with Crippen molar-refractivity contribution in [1.82, 2.24) is 9.38 Å². The van der Waals surface area contributed by atoms with E-state index in [0.29, 0.717) is 24.1 Å². The lowest BCUT2D eigenvalue weighted by Gasteiger charge is -2.18. The van der Waals surface area contributed by atoms with Gasteiger partial charge in [-0.3, -0.25) is 4.40 Å². The molecule has 2 aromatic heterocycles. The summed E-state index contributed by atoms with van der Waals surface area (Å²) in [4.78, 5) is 4.71. The van der Waals surface area contributed by atoms with E-state index in [0.717, 1.165) is 33.7 Å². The zero-order chi connectivity index (χ0) is 18.8. The molecule has 0 radical (unpaired) electrons. The highest BCUT2D eigenvalue weighted by atomic mass is 15.1. The van der Waals surface area contributed by atoms with Gasteiger partial charge >= 0.3 is 0 Å². The number of anilines is 2. The molecular weight excluding hydrogens is 334 g/mol. The van der Waals surface area contributed by atoms with Gasteiger partial charge in [0, 0.05) is 12.1 Å². The number of fused-ring (bicyclic) bond motifs is 3. The Morgan fingerprint density at radius 2 is 1.78 bits per heavy atom. The number of rotatable bonds is 4.